The molecule has 1 aromatic heterocycles. The normalized spacial score (nSPS) is 9.67. The molecule has 2 aromatic rings. The highest BCUT2D eigenvalue weighted by Gasteiger charge is 2.10. The molecule has 0 atom stereocenters. The number of nitrogens with zero attached hydrogens (tertiary/aromatic N) is 1. The first kappa shape index (κ1) is 17.0. The van der Waals surface area contributed by atoms with E-state index >= 15 is 0 Å². The van der Waals surface area contributed by atoms with Crippen LogP contribution in [0, 0.1) is 13.8 Å². The Morgan fingerprint density at radius 2 is 1.90 bits per heavy atom. The summed E-state index contributed by atoms with van der Waals surface area (Å²) in [5, 5.41) is 2.90. The van der Waals surface area contributed by atoms with Crippen molar-refractivity contribution in [2.75, 3.05) is 7.11 Å². The van der Waals surface area contributed by atoms with Gasteiger partial charge in [-0.15, -0.1) is 12.4 Å². The van der Waals surface area contributed by atoms with Crippen molar-refractivity contribution in [3.8, 4) is 5.75 Å². The van der Waals surface area contributed by atoms with E-state index in [1.807, 2.05) is 19.9 Å². The molecule has 1 N–H and O–H groups in total. The zero-order valence-electron chi connectivity index (χ0n) is 12.3. The van der Waals surface area contributed by atoms with Crippen LogP contribution in [-0.2, 0) is 6.54 Å². The first-order chi connectivity index (χ1) is 9.61. The number of pyridine rings is 1. The van der Waals surface area contributed by atoms with Crippen molar-refractivity contribution in [2.24, 2.45) is 0 Å². The van der Waals surface area contributed by atoms with Gasteiger partial charge in [-0.2, -0.15) is 0 Å². The van der Waals surface area contributed by atoms with Gasteiger partial charge in [-0.25, -0.2) is 0 Å². The topological polar surface area (TPSA) is 51.2 Å². The second-order valence-corrected chi connectivity index (χ2v) is 4.68. The van der Waals surface area contributed by atoms with Gasteiger partial charge in [-0.1, -0.05) is 6.07 Å². The van der Waals surface area contributed by atoms with Crippen LogP contribution in [0.25, 0.3) is 0 Å². The predicted octanol–water partition coefficient (Wildman–Crippen LogP) is 3.06. The molecule has 21 heavy (non-hydrogen) atoms. The lowest BCUT2D eigenvalue weighted by atomic mass is 10.0. The number of carbonyl (C=O) groups excluding carboxylic acids is 1. The van der Waals surface area contributed by atoms with Crippen LogP contribution in [0.2, 0.25) is 0 Å². The third kappa shape index (κ3) is 4.20. The van der Waals surface area contributed by atoms with E-state index in [9.17, 15) is 4.79 Å². The van der Waals surface area contributed by atoms with Crippen molar-refractivity contribution in [1.29, 1.82) is 0 Å². The van der Waals surface area contributed by atoms with Gasteiger partial charge < -0.3 is 10.1 Å². The average Bonchev–Trinajstić information content (AvgIpc) is 2.46. The highest BCUT2D eigenvalue weighted by Crippen LogP contribution is 2.24. The fourth-order valence-corrected chi connectivity index (χ4v) is 2.14. The van der Waals surface area contributed by atoms with Gasteiger partial charge >= 0.3 is 0 Å². The molecular formula is C16H19ClN2O2. The molecule has 2 rings (SSSR count). The van der Waals surface area contributed by atoms with Crippen LogP contribution >= 0.6 is 12.4 Å². The molecule has 0 aliphatic rings. The van der Waals surface area contributed by atoms with Crippen molar-refractivity contribution in [1.82, 2.24) is 10.3 Å². The van der Waals surface area contributed by atoms with Crippen molar-refractivity contribution < 1.29 is 9.53 Å². The van der Waals surface area contributed by atoms with Gasteiger partial charge in [0.2, 0.25) is 0 Å². The number of aryl methyl sites for hydroxylation is 2. The summed E-state index contributed by atoms with van der Waals surface area (Å²) < 4.78 is 5.38. The monoisotopic (exact) mass is 306 g/mol. The van der Waals surface area contributed by atoms with Gasteiger partial charge in [0.15, 0.2) is 0 Å². The van der Waals surface area contributed by atoms with Gasteiger partial charge in [-0.05, 0) is 43.2 Å². The largest absolute Gasteiger partial charge is 0.496 e. The molecule has 0 radical (unpaired) electrons. The highest BCUT2D eigenvalue weighted by atomic mass is 35.5. The molecular weight excluding hydrogens is 288 g/mol. The zero-order chi connectivity index (χ0) is 14.5. The molecule has 0 fully saturated rings. The number of hydrogen-bond acceptors (Lipinski definition) is 3. The van der Waals surface area contributed by atoms with Crippen LogP contribution in [-0.4, -0.2) is 18.0 Å². The van der Waals surface area contributed by atoms with E-state index < -0.39 is 0 Å². The van der Waals surface area contributed by atoms with Crippen LogP contribution in [0.15, 0.2) is 36.7 Å². The average molecular weight is 307 g/mol. The zero-order valence-corrected chi connectivity index (χ0v) is 13.2. The maximum Gasteiger partial charge on any atom is 0.251 e. The van der Waals surface area contributed by atoms with E-state index in [2.05, 4.69) is 16.4 Å². The van der Waals surface area contributed by atoms with Crippen molar-refractivity contribution >= 4 is 18.3 Å². The number of halogens is 1. The number of carbonyl (C=O) groups is 1. The molecule has 0 bridgehead atoms. The summed E-state index contributed by atoms with van der Waals surface area (Å²) in [6, 6.07) is 7.43. The van der Waals surface area contributed by atoms with Crippen LogP contribution in [0.3, 0.4) is 0 Å². The summed E-state index contributed by atoms with van der Waals surface area (Å²) in [4.78, 5) is 15.9. The standard InChI is InChI=1S/C16H18N2O2.ClH/c1-11-8-12(2)14(15(9-11)20-3)10-18-16(19)13-4-6-17-7-5-13;/h4-9H,10H2,1-3H3,(H,18,19);1H. The number of ether oxygens (including phenoxy) is 1. The number of benzene rings is 1. The Morgan fingerprint density at radius 1 is 1.24 bits per heavy atom. The van der Waals surface area contributed by atoms with Crippen LogP contribution in [0.4, 0.5) is 0 Å². The number of hydrogen-bond donors (Lipinski definition) is 1. The van der Waals surface area contributed by atoms with Crippen LogP contribution in [0.1, 0.15) is 27.0 Å². The number of aromatic nitrogens is 1. The first-order valence-electron chi connectivity index (χ1n) is 6.44. The number of amides is 1. The van der Waals surface area contributed by atoms with Gasteiger partial charge in [0, 0.05) is 30.1 Å². The number of nitrogens with one attached hydrogen (secondary N) is 1. The Morgan fingerprint density at radius 3 is 2.52 bits per heavy atom. The van der Waals surface area contributed by atoms with E-state index in [0.717, 1.165) is 22.4 Å². The summed E-state index contributed by atoms with van der Waals surface area (Å²) in [5.41, 5.74) is 3.85. The molecule has 0 spiro atoms. The highest BCUT2D eigenvalue weighted by molar-refractivity contribution is 5.93. The fourth-order valence-electron chi connectivity index (χ4n) is 2.14. The van der Waals surface area contributed by atoms with Crippen molar-refractivity contribution in [2.45, 2.75) is 20.4 Å². The minimum absolute atomic E-state index is 0. The summed E-state index contributed by atoms with van der Waals surface area (Å²) in [7, 11) is 1.64. The van der Waals surface area contributed by atoms with E-state index in [-0.39, 0.29) is 18.3 Å². The van der Waals surface area contributed by atoms with Crippen LogP contribution in [0.5, 0.6) is 5.75 Å². The first-order valence-corrected chi connectivity index (χ1v) is 6.44. The third-order valence-electron chi connectivity index (χ3n) is 3.16. The number of methoxy groups -OCH3 is 1. The SMILES string of the molecule is COc1cc(C)cc(C)c1CNC(=O)c1ccncc1.Cl. The molecule has 1 amide bonds. The fraction of sp³-hybridized carbons (Fsp3) is 0.250. The molecule has 0 saturated carbocycles. The van der Waals surface area contributed by atoms with Crippen LogP contribution < -0.4 is 10.1 Å². The Kier molecular flexibility index (Phi) is 6.18. The van der Waals surface area contributed by atoms with Gasteiger partial charge in [0.05, 0.1) is 7.11 Å². The summed E-state index contributed by atoms with van der Waals surface area (Å²) in [6.45, 7) is 4.48. The molecule has 112 valence electrons. The van der Waals surface area contributed by atoms with Crippen molar-refractivity contribution in [3.05, 3.63) is 58.9 Å². The second kappa shape index (κ2) is 7.64. The lowest BCUT2D eigenvalue weighted by molar-refractivity contribution is 0.0950. The third-order valence-corrected chi connectivity index (χ3v) is 3.16. The second-order valence-electron chi connectivity index (χ2n) is 4.68. The minimum Gasteiger partial charge on any atom is -0.496 e. The van der Waals surface area contributed by atoms with E-state index in [4.69, 9.17) is 4.74 Å². The molecule has 0 aliphatic heterocycles. The summed E-state index contributed by atoms with van der Waals surface area (Å²) in [5.74, 6) is 0.687. The maximum absolute atomic E-state index is 12.0. The molecule has 0 aliphatic carbocycles. The Bertz CT molecular complexity index is 615. The quantitative estimate of drug-likeness (QED) is 0.944. The van der Waals surface area contributed by atoms with Gasteiger partial charge in [0.1, 0.15) is 5.75 Å². The summed E-state index contributed by atoms with van der Waals surface area (Å²) >= 11 is 0. The smallest absolute Gasteiger partial charge is 0.251 e. The van der Waals surface area contributed by atoms with Gasteiger partial charge in [-0.3, -0.25) is 9.78 Å². The Hall–Kier alpha value is -2.07. The minimum atomic E-state index is -0.116. The molecule has 1 heterocycles. The Labute approximate surface area is 131 Å². The number of rotatable bonds is 4. The molecule has 4 nitrogen and oxygen atoms in total. The molecule has 0 saturated heterocycles. The van der Waals surface area contributed by atoms with E-state index in [0.29, 0.717) is 12.1 Å². The predicted molar refractivity (Wildman–Crippen MR) is 85.1 cm³/mol. The maximum atomic E-state index is 12.0. The lowest BCUT2D eigenvalue weighted by Gasteiger charge is -2.14. The lowest BCUT2D eigenvalue weighted by Crippen LogP contribution is -2.23. The van der Waals surface area contributed by atoms with E-state index in [1.165, 1.54) is 0 Å². The van der Waals surface area contributed by atoms with Crippen molar-refractivity contribution in [3.63, 3.8) is 0 Å². The molecule has 5 heteroatoms. The van der Waals surface area contributed by atoms with Gasteiger partial charge in [0.25, 0.3) is 5.91 Å². The molecule has 0 unspecified atom stereocenters. The molecule has 1 aromatic carbocycles. The van der Waals surface area contributed by atoms with E-state index in [1.54, 1.807) is 31.6 Å². The Balaban J connectivity index is 0.00000220. The summed E-state index contributed by atoms with van der Waals surface area (Å²) in [6.07, 6.45) is 3.21.